The summed E-state index contributed by atoms with van der Waals surface area (Å²) in [4.78, 5) is 13.9. The first-order valence-corrected chi connectivity index (χ1v) is 5.27. The molecule has 1 saturated heterocycles. The van der Waals surface area contributed by atoms with Gasteiger partial charge in [0.05, 0.1) is 6.07 Å². The van der Waals surface area contributed by atoms with Gasteiger partial charge in [0, 0.05) is 12.6 Å². The van der Waals surface area contributed by atoms with Crippen LogP contribution in [0.5, 0.6) is 0 Å². The zero-order chi connectivity index (χ0) is 10.8. The van der Waals surface area contributed by atoms with Crippen LogP contribution in [0.3, 0.4) is 0 Å². The summed E-state index contributed by atoms with van der Waals surface area (Å²) in [6.07, 6.45) is 2.72. The van der Waals surface area contributed by atoms with Crippen molar-refractivity contribution in [1.29, 1.82) is 5.26 Å². The second-order valence-electron chi connectivity index (χ2n) is 4.29. The highest BCUT2D eigenvalue weighted by Crippen LogP contribution is 2.27. The van der Waals surface area contributed by atoms with Crippen molar-refractivity contribution < 1.29 is 4.79 Å². The molecule has 0 radical (unpaired) electrons. The van der Waals surface area contributed by atoms with E-state index in [2.05, 4.69) is 13.0 Å². The molecular formula is C11H18N2O. The fourth-order valence-corrected chi connectivity index (χ4v) is 1.83. The van der Waals surface area contributed by atoms with E-state index in [9.17, 15) is 4.79 Å². The first-order chi connectivity index (χ1) is 6.55. The molecule has 1 heterocycles. The van der Waals surface area contributed by atoms with E-state index in [0.717, 1.165) is 19.4 Å². The standard InChI is InChI=1S/C11H18N2O/c1-4-11(3,8-12)10(14)13-7-5-6-9(13)2/h9H,4-7H2,1-3H3. The van der Waals surface area contributed by atoms with Crippen LogP contribution >= 0.6 is 0 Å². The van der Waals surface area contributed by atoms with Gasteiger partial charge < -0.3 is 4.90 Å². The third-order valence-electron chi connectivity index (χ3n) is 3.24. The predicted octanol–water partition coefficient (Wildman–Crippen LogP) is 1.94. The van der Waals surface area contributed by atoms with Crippen molar-refractivity contribution in [2.45, 2.75) is 46.1 Å². The first-order valence-electron chi connectivity index (χ1n) is 5.27. The van der Waals surface area contributed by atoms with Gasteiger partial charge in [-0.05, 0) is 33.1 Å². The van der Waals surface area contributed by atoms with Gasteiger partial charge >= 0.3 is 0 Å². The molecule has 1 aliphatic rings. The molecule has 0 N–H and O–H groups in total. The van der Waals surface area contributed by atoms with Crippen LogP contribution in [0, 0.1) is 16.7 Å². The normalized spacial score (nSPS) is 25.6. The number of nitrogens with zero attached hydrogens (tertiary/aromatic N) is 2. The lowest BCUT2D eigenvalue weighted by molar-refractivity contribution is -0.139. The maximum atomic E-state index is 12.0. The van der Waals surface area contributed by atoms with Crippen LogP contribution in [0.15, 0.2) is 0 Å². The second-order valence-corrected chi connectivity index (χ2v) is 4.29. The molecule has 0 aromatic carbocycles. The zero-order valence-electron chi connectivity index (χ0n) is 9.21. The van der Waals surface area contributed by atoms with Gasteiger partial charge in [-0.1, -0.05) is 6.92 Å². The Morgan fingerprint density at radius 3 is 2.71 bits per heavy atom. The Morgan fingerprint density at radius 2 is 2.36 bits per heavy atom. The van der Waals surface area contributed by atoms with E-state index >= 15 is 0 Å². The minimum absolute atomic E-state index is 0.00694. The Bertz CT molecular complexity index is 269. The van der Waals surface area contributed by atoms with Gasteiger partial charge in [0.25, 0.3) is 0 Å². The summed E-state index contributed by atoms with van der Waals surface area (Å²) >= 11 is 0. The molecule has 0 saturated carbocycles. The quantitative estimate of drug-likeness (QED) is 0.674. The third-order valence-corrected chi connectivity index (χ3v) is 3.24. The molecule has 1 rings (SSSR count). The average Bonchev–Trinajstić information content (AvgIpc) is 2.62. The number of hydrogen-bond acceptors (Lipinski definition) is 2. The Labute approximate surface area is 85.7 Å². The van der Waals surface area contributed by atoms with E-state index < -0.39 is 5.41 Å². The number of carbonyl (C=O) groups excluding carboxylic acids is 1. The average molecular weight is 194 g/mol. The van der Waals surface area contributed by atoms with Gasteiger partial charge in [-0.25, -0.2) is 0 Å². The van der Waals surface area contributed by atoms with Gasteiger partial charge in [0.2, 0.25) is 5.91 Å². The molecule has 1 amide bonds. The number of hydrogen-bond donors (Lipinski definition) is 0. The molecule has 0 aromatic rings. The Hall–Kier alpha value is -1.04. The van der Waals surface area contributed by atoms with Crippen molar-refractivity contribution in [3.63, 3.8) is 0 Å². The molecule has 3 heteroatoms. The van der Waals surface area contributed by atoms with E-state index in [-0.39, 0.29) is 5.91 Å². The number of nitriles is 1. The Kier molecular flexibility index (Phi) is 3.15. The molecule has 2 unspecified atom stereocenters. The monoisotopic (exact) mass is 194 g/mol. The smallest absolute Gasteiger partial charge is 0.242 e. The number of rotatable bonds is 2. The highest BCUT2D eigenvalue weighted by atomic mass is 16.2. The molecule has 0 spiro atoms. The predicted molar refractivity (Wildman–Crippen MR) is 54.4 cm³/mol. The van der Waals surface area contributed by atoms with E-state index in [1.54, 1.807) is 6.92 Å². The number of amides is 1. The molecule has 0 aromatic heterocycles. The van der Waals surface area contributed by atoms with Crippen LogP contribution in [0.2, 0.25) is 0 Å². The second kappa shape index (κ2) is 4.00. The van der Waals surface area contributed by atoms with Crippen molar-refractivity contribution in [3.8, 4) is 6.07 Å². The summed E-state index contributed by atoms with van der Waals surface area (Å²) < 4.78 is 0. The molecule has 14 heavy (non-hydrogen) atoms. The molecule has 1 aliphatic heterocycles. The summed E-state index contributed by atoms with van der Waals surface area (Å²) in [5.74, 6) is 0.00694. The van der Waals surface area contributed by atoms with Crippen LogP contribution in [-0.2, 0) is 4.79 Å². The van der Waals surface area contributed by atoms with E-state index in [0.29, 0.717) is 12.5 Å². The lowest BCUT2D eigenvalue weighted by Crippen LogP contribution is -2.43. The first kappa shape index (κ1) is 11.0. The molecule has 2 atom stereocenters. The van der Waals surface area contributed by atoms with E-state index in [1.165, 1.54) is 0 Å². The maximum Gasteiger partial charge on any atom is 0.242 e. The summed E-state index contributed by atoms with van der Waals surface area (Å²) in [5, 5.41) is 9.00. The molecule has 0 aliphatic carbocycles. The van der Waals surface area contributed by atoms with Crippen molar-refractivity contribution in [3.05, 3.63) is 0 Å². The number of carbonyl (C=O) groups is 1. The minimum atomic E-state index is -0.821. The SMILES string of the molecule is CCC(C)(C#N)C(=O)N1CCCC1C. The molecular weight excluding hydrogens is 176 g/mol. The van der Waals surface area contributed by atoms with Gasteiger partial charge in [0.15, 0.2) is 0 Å². The fraction of sp³-hybridized carbons (Fsp3) is 0.818. The molecule has 3 nitrogen and oxygen atoms in total. The van der Waals surface area contributed by atoms with E-state index in [1.807, 2.05) is 11.8 Å². The van der Waals surface area contributed by atoms with Gasteiger partial charge in [0.1, 0.15) is 5.41 Å². The fourth-order valence-electron chi connectivity index (χ4n) is 1.83. The van der Waals surface area contributed by atoms with E-state index in [4.69, 9.17) is 5.26 Å². The summed E-state index contributed by atoms with van der Waals surface area (Å²) in [5.41, 5.74) is -0.821. The summed E-state index contributed by atoms with van der Waals surface area (Å²) in [6, 6.07) is 2.44. The maximum absolute atomic E-state index is 12.0. The van der Waals surface area contributed by atoms with Crippen LogP contribution in [0.1, 0.15) is 40.0 Å². The van der Waals surface area contributed by atoms with Gasteiger partial charge in [-0.2, -0.15) is 5.26 Å². The summed E-state index contributed by atoms with van der Waals surface area (Å²) in [7, 11) is 0. The van der Waals surface area contributed by atoms with Crippen molar-refractivity contribution >= 4 is 5.91 Å². The van der Waals surface area contributed by atoms with Crippen LogP contribution in [0.4, 0.5) is 0 Å². The summed E-state index contributed by atoms with van der Waals surface area (Å²) in [6.45, 7) is 6.50. The lowest BCUT2D eigenvalue weighted by atomic mass is 9.87. The van der Waals surface area contributed by atoms with Crippen LogP contribution in [-0.4, -0.2) is 23.4 Å². The highest BCUT2D eigenvalue weighted by Gasteiger charge is 2.38. The Morgan fingerprint density at radius 1 is 1.71 bits per heavy atom. The number of likely N-dealkylation sites (tertiary alicyclic amines) is 1. The Balaban J connectivity index is 2.79. The van der Waals surface area contributed by atoms with Crippen molar-refractivity contribution in [2.75, 3.05) is 6.54 Å². The molecule has 1 fully saturated rings. The minimum Gasteiger partial charge on any atom is -0.339 e. The molecule has 78 valence electrons. The van der Waals surface area contributed by atoms with Gasteiger partial charge in [-0.15, -0.1) is 0 Å². The topological polar surface area (TPSA) is 44.1 Å². The zero-order valence-corrected chi connectivity index (χ0v) is 9.21. The highest BCUT2D eigenvalue weighted by molar-refractivity contribution is 5.85. The lowest BCUT2D eigenvalue weighted by Gasteiger charge is -2.29. The van der Waals surface area contributed by atoms with Gasteiger partial charge in [-0.3, -0.25) is 4.79 Å². The van der Waals surface area contributed by atoms with Crippen LogP contribution < -0.4 is 0 Å². The molecule has 0 bridgehead atoms. The van der Waals surface area contributed by atoms with Crippen molar-refractivity contribution in [1.82, 2.24) is 4.90 Å². The largest absolute Gasteiger partial charge is 0.339 e. The van der Waals surface area contributed by atoms with Crippen molar-refractivity contribution in [2.24, 2.45) is 5.41 Å². The van der Waals surface area contributed by atoms with Crippen LogP contribution in [0.25, 0.3) is 0 Å². The third kappa shape index (κ3) is 1.75.